The maximum atomic E-state index is 9.40. The summed E-state index contributed by atoms with van der Waals surface area (Å²) in [6, 6.07) is 7.46. The molecule has 0 amide bonds. The number of hydrogen-bond acceptors (Lipinski definition) is 3. The maximum Gasteiger partial charge on any atom is 0.117 e. The third-order valence-corrected chi connectivity index (χ3v) is 3.14. The molecule has 1 aliphatic rings. The third-order valence-electron chi connectivity index (χ3n) is 3.14. The first-order valence-electron chi connectivity index (χ1n) is 5.53. The number of phenolic OH excluding ortho intramolecular Hbond substituents is 1. The smallest absolute Gasteiger partial charge is 0.117 e. The minimum atomic E-state index is 0.341. The second kappa shape index (κ2) is 4.53. The van der Waals surface area contributed by atoms with Gasteiger partial charge in [0.05, 0.1) is 0 Å². The molecule has 15 heavy (non-hydrogen) atoms. The molecule has 82 valence electrons. The number of phenols is 1. The fraction of sp³-hybridized carbons (Fsp3) is 0.500. The molecular formula is C12H18N2O. The van der Waals surface area contributed by atoms with E-state index in [1.807, 2.05) is 18.2 Å². The molecule has 2 rings (SSSR count). The molecule has 1 aromatic carbocycles. The Hall–Kier alpha value is -1.22. The van der Waals surface area contributed by atoms with Gasteiger partial charge in [0.15, 0.2) is 0 Å². The molecule has 1 saturated heterocycles. The Morgan fingerprint density at radius 1 is 1.33 bits per heavy atom. The summed E-state index contributed by atoms with van der Waals surface area (Å²) < 4.78 is 0. The predicted octanol–water partition coefficient (Wildman–Crippen LogP) is 1.57. The second-order valence-electron chi connectivity index (χ2n) is 4.19. The van der Waals surface area contributed by atoms with Gasteiger partial charge in [-0.2, -0.15) is 0 Å². The number of hydrogen-bond donors (Lipinski definition) is 2. The van der Waals surface area contributed by atoms with Gasteiger partial charge >= 0.3 is 0 Å². The summed E-state index contributed by atoms with van der Waals surface area (Å²) >= 11 is 0. The molecule has 0 spiro atoms. The van der Waals surface area contributed by atoms with Gasteiger partial charge in [-0.05, 0) is 37.4 Å². The van der Waals surface area contributed by atoms with Crippen LogP contribution in [0.1, 0.15) is 12.8 Å². The Labute approximate surface area is 90.5 Å². The van der Waals surface area contributed by atoms with Gasteiger partial charge in [0.25, 0.3) is 0 Å². The average Bonchev–Trinajstić information content (AvgIpc) is 2.29. The van der Waals surface area contributed by atoms with Gasteiger partial charge in [0, 0.05) is 24.8 Å². The van der Waals surface area contributed by atoms with E-state index in [9.17, 15) is 5.11 Å². The molecule has 1 heterocycles. The van der Waals surface area contributed by atoms with E-state index < -0.39 is 0 Å². The van der Waals surface area contributed by atoms with Crippen molar-refractivity contribution >= 4 is 5.69 Å². The van der Waals surface area contributed by atoms with Crippen molar-refractivity contribution in [2.24, 2.45) is 11.7 Å². The number of aromatic hydroxyl groups is 1. The Morgan fingerprint density at radius 3 is 2.67 bits per heavy atom. The fourth-order valence-corrected chi connectivity index (χ4v) is 2.12. The normalized spacial score (nSPS) is 18.1. The van der Waals surface area contributed by atoms with E-state index in [1.54, 1.807) is 6.07 Å². The van der Waals surface area contributed by atoms with E-state index in [2.05, 4.69) is 4.90 Å². The molecule has 0 atom stereocenters. The van der Waals surface area contributed by atoms with E-state index in [1.165, 1.54) is 0 Å². The standard InChI is InChI=1S/C12H18N2O/c13-9-10-4-6-14(7-5-10)11-2-1-3-12(15)8-11/h1-3,8,10,15H,4-7,9,13H2. The summed E-state index contributed by atoms with van der Waals surface area (Å²) in [5.41, 5.74) is 6.77. The molecule has 0 aromatic heterocycles. The van der Waals surface area contributed by atoms with Crippen molar-refractivity contribution in [3.05, 3.63) is 24.3 Å². The van der Waals surface area contributed by atoms with Crippen molar-refractivity contribution in [3.63, 3.8) is 0 Å². The Morgan fingerprint density at radius 2 is 2.07 bits per heavy atom. The van der Waals surface area contributed by atoms with Crippen LogP contribution in [0.4, 0.5) is 5.69 Å². The Balaban J connectivity index is 2.01. The van der Waals surface area contributed by atoms with Gasteiger partial charge in [0.2, 0.25) is 0 Å². The van der Waals surface area contributed by atoms with Crippen molar-refractivity contribution in [1.82, 2.24) is 0 Å². The number of nitrogens with two attached hydrogens (primary N) is 1. The van der Waals surface area contributed by atoms with Crippen molar-refractivity contribution in [2.75, 3.05) is 24.5 Å². The summed E-state index contributed by atoms with van der Waals surface area (Å²) in [7, 11) is 0. The molecule has 0 unspecified atom stereocenters. The zero-order valence-electron chi connectivity index (χ0n) is 8.89. The van der Waals surface area contributed by atoms with E-state index in [0.717, 1.165) is 38.2 Å². The lowest BCUT2D eigenvalue weighted by atomic mass is 9.97. The number of benzene rings is 1. The van der Waals surface area contributed by atoms with Crippen LogP contribution in [0, 0.1) is 5.92 Å². The van der Waals surface area contributed by atoms with Gasteiger partial charge in [-0.25, -0.2) is 0 Å². The van der Waals surface area contributed by atoms with Gasteiger partial charge in [-0.1, -0.05) is 6.07 Å². The molecule has 1 aromatic rings. The lowest BCUT2D eigenvalue weighted by Crippen LogP contribution is -2.35. The van der Waals surface area contributed by atoms with Crippen LogP contribution in [0.25, 0.3) is 0 Å². The summed E-state index contributed by atoms with van der Waals surface area (Å²) in [5.74, 6) is 1.02. The SMILES string of the molecule is NCC1CCN(c2cccc(O)c2)CC1. The first-order chi connectivity index (χ1) is 7.29. The van der Waals surface area contributed by atoms with Crippen LogP contribution in [0.5, 0.6) is 5.75 Å². The second-order valence-corrected chi connectivity index (χ2v) is 4.19. The zero-order valence-corrected chi connectivity index (χ0v) is 8.89. The summed E-state index contributed by atoms with van der Waals surface area (Å²) in [5, 5.41) is 9.40. The van der Waals surface area contributed by atoms with Gasteiger partial charge in [-0.3, -0.25) is 0 Å². The first kappa shape index (κ1) is 10.3. The van der Waals surface area contributed by atoms with Crippen LogP contribution in [-0.2, 0) is 0 Å². The van der Waals surface area contributed by atoms with Crippen LogP contribution in [0.3, 0.4) is 0 Å². The average molecular weight is 206 g/mol. The van der Waals surface area contributed by atoms with Crippen LogP contribution in [0.2, 0.25) is 0 Å². The van der Waals surface area contributed by atoms with E-state index in [0.29, 0.717) is 11.7 Å². The lowest BCUT2D eigenvalue weighted by Gasteiger charge is -2.33. The molecule has 0 saturated carbocycles. The van der Waals surface area contributed by atoms with Crippen LogP contribution < -0.4 is 10.6 Å². The summed E-state index contributed by atoms with van der Waals surface area (Å²) in [6.45, 7) is 2.89. The van der Waals surface area contributed by atoms with E-state index in [4.69, 9.17) is 5.73 Å². The minimum absolute atomic E-state index is 0.341. The van der Waals surface area contributed by atoms with E-state index >= 15 is 0 Å². The summed E-state index contributed by atoms with van der Waals surface area (Å²) in [6.07, 6.45) is 2.32. The van der Waals surface area contributed by atoms with Gasteiger partial charge in [0.1, 0.15) is 5.75 Å². The third kappa shape index (κ3) is 2.42. The Bertz CT molecular complexity index is 319. The summed E-state index contributed by atoms with van der Waals surface area (Å²) in [4.78, 5) is 2.31. The molecule has 3 nitrogen and oxygen atoms in total. The molecule has 3 heteroatoms. The Kier molecular flexibility index (Phi) is 3.11. The van der Waals surface area contributed by atoms with Crippen LogP contribution in [-0.4, -0.2) is 24.7 Å². The fourth-order valence-electron chi connectivity index (χ4n) is 2.12. The molecule has 0 radical (unpaired) electrons. The highest BCUT2D eigenvalue weighted by atomic mass is 16.3. The quantitative estimate of drug-likeness (QED) is 0.772. The first-order valence-corrected chi connectivity index (χ1v) is 5.53. The highest BCUT2D eigenvalue weighted by Gasteiger charge is 2.18. The van der Waals surface area contributed by atoms with Crippen molar-refractivity contribution < 1.29 is 5.11 Å². The van der Waals surface area contributed by atoms with Crippen molar-refractivity contribution in [3.8, 4) is 5.75 Å². The number of anilines is 1. The van der Waals surface area contributed by atoms with Gasteiger partial charge < -0.3 is 15.7 Å². The van der Waals surface area contributed by atoms with Crippen LogP contribution in [0.15, 0.2) is 24.3 Å². The molecule has 1 aliphatic heterocycles. The lowest BCUT2D eigenvalue weighted by molar-refractivity contribution is 0.414. The topological polar surface area (TPSA) is 49.5 Å². The predicted molar refractivity (Wildman–Crippen MR) is 62.1 cm³/mol. The highest BCUT2D eigenvalue weighted by molar-refractivity contribution is 5.50. The molecule has 3 N–H and O–H groups in total. The minimum Gasteiger partial charge on any atom is -0.508 e. The highest BCUT2D eigenvalue weighted by Crippen LogP contribution is 2.25. The molecular weight excluding hydrogens is 188 g/mol. The van der Waals surface area contributed by atoms with E-state index in [-0.39, 0.29) is 0 Å². The molecule has 0 aliphatic carbocycles. The van der Waals surface area contributed by atoms with Crippen LogP contribution >= 0.6 is 0 Å². The number of rotatable bonds is 2. The number of piperidine rings is 1. The van der Waals surface area contributed by atoms with Crippen molar-refractivity contribution in [1.29, 1.82) is 0 Å². The largest absolute Gasteiger partial charge is 0.508 e. The van der Waals surface area contributed by atoms with Gasteiger partial charge in [-0.15, -0.1) is 0 Å². The number of nitrogens with zero attached hydrogens (tertiary/aromatic N) is 1. The zero-order chi connectivity index (χ0) is 10.7. The maximum absolute atomic E-state index is 9.40. The van der Waals surface area contributed by atoms with Crippen molar-refractivity contribution in [2.45, 2.75) is 12.8 Å². The monoisotopic (exact) mass is 206 g/mol. The molecule has 0 bridgehead atoms. The molecule has 1 fully saturated rings.